The summed E-state index contributed by atoms with van der Waals surface area (Å²) < 4.78 is 21.7. The molecule has 12 heteroatoms. The van der Waals surface area contributed by atoms with Gasteiger partial charge < -0.3 is 23.8 Å². The first-order valence-corrected chi connectivity index (χ1v) is 19.2. The normalized spacial score (nSPS) is 17.6. The Kier molecular flexibility index (Phi) is 12.6. The molecule has 2 amide bonds. The van der Waals surface area contributed by atoms with Crippen LogP contribution in [0.4, 0.5) is 9.59 Å². The van der Waals surface area contributed by atoms with Crippen LogP contribution in [-0.2, 0) is 32.0 Å². The summed E-state index contributed by atoms with van der Waals surface area (Å²) >= 11 is 18.6. The summed E-state index contributed by atoms with van der Waals surface area (Å²) in [6, 6.07) is 19.9. The fraction of sp³-hybridized carbons (Fsp3) is 0.452. The lowest BCUT2D eigenvalue weighted by Gasteiger charge is -2.50. The molecule has 3 aromatic rings. The Morgan fingerprint density at radius 3 is 2.11 bits per heavy atom. The predicted molar refractivity (Wildman–Crippen MR) is 212 cm³/mol. The molecule has 5 rings (SSSR count). The van der Waals surface area contributed by atoms with Gasteiger partial charge in [0, 0.05) is 19.5 Å². The Morgan fingerprint density at radius 2 is 1.48 bits per heavy atom. The van der Waals surface area contributed by atoms with Crippen LogP contribution in [0.3, 0.4) is 0 Å². The maximum atomic E-state index is 14.3. The van der Waals surface area contributed by atoms with E-state index >= 15 is 0 Å². The number of rotatable bonds is 9. The molecule has 2 bridgehead atoms. The third-order valence-electron chi connectivity index (χ3n) is 9.69. The van der Waals surface area contributed by atoms with Crippen molar-refractivity contribution in [2.24, 2.45) is 0 Å². The summed E-state index contributed by atoms with van der Waals surface area (Å²) in [5.74, 6) is 0.255. The van der Waals surface area contributed by atoms with Crippen LogP contribution in [0, 0.1) is 20.8 Å². The lowest BCUT2D eigenvalue weighted by molar-refractivity contribution is -0.141. The summed E-state index contributed by atoms with van der Waals surface area (Å²) in [7, 11) is 0. The first-order chi connectivity index (χ1) is 25.2. The lowest BCUT2D eigenvalue weighted by atomic mass is 9.82. The molecule has 2 aliphatic heterocycles. The molecular weight excluding hydrogens is 751 g/mol. The Bertz CT molecular complexity index is 1880. The number of fused-ring (bicyclic) bond motifs is 2. The fourth-order valence-electron chi connectivity index (χ4n) is 6.62. The summed E-state index contributed by atoms with van der Waals surface area (Å²) in [5, 5.41) is 0. The second-order valence-corrected chi connectivity index (χ2v) is 17.8. The first-order valence-electron chi connectivity index (χ1n) is 18.0. The van der Waals surface area contributed by atoms with Crippen LogP contribution in [0.25, 0.3) is 5.57 Å². The van der Waals surface area contributed by atoms with Gasteiger partial charge >= 0.3 is 18.2 Å². The minimum absolute atomic E-state index is 0.00595. The maximum Gasteiger partial charge on any atom is 0.411 e. The van der Waals surface area contributed by atoms with Crippen LogP contribution in [0.15, 0.2) is 72.3 Å². The van der Waals surface area contributed by atoms with Gasteiger partial charge in [0.15, 0.2) is 5.60 Å². The fourth-order valence-corrected chi connectivity index (χ4v) is 6.74. The number of piperazine rings is 1. The van der Waals surface area contributed by atoms with E-state index < -0.39 is 45.2 Å². The summed E-state index contributed by atoms with van der Waals surface area (Å²) in [6.45, 7) is 15.1. The van der Waals surface area contributed by atoms with E-state index in [1.165, 1.54) is 29.2 Å². The molecule has 0 aromatic heterocycles. The van der Waals surface area contributed by atoms with E-state index in [4.69, 9.17) is 53.8 Å². The molecule has 9 nitrogen and oxygen atoms in total. The number of esters is 1. The van der Waals surface area contributed by atoms with Crippen molar-refractivity contribution >= 4 is 58.5 Å². The van der Waals surface area contributed by atoms with E-state index in [0.29, 0.717) is 18.6 Å². The number of aryl methyl sites for hydroxylation is 2. The zero-order valence-corrected chi connectivity index (χ0v) is 34.4. The Hall–Kier alpha value is -3.92. The van der Waals surface area contributed by atoms with Gasteiger partial charge in [-0.2, -0.15) is 0 Å². The van der Waals surface area contributed by atoms with E-state index in [9.17, 15) is 14.4 Å². The van der Waals surface area contributed by atoms with Crippen LogP contribution < -0.4 is 4.74 Å². The number of halogens is 3. The highest BCUT2D eigenvalue weighted by molar-refractivity contribution is 6.68. The second kappa shape index (κ2) is 16.4. The van der Waals surface area contributed by atoms with Gasteiger partial charge in [-0.25, -0.2) is 14.4 Å². The van der Waals surface area contributed by atoms with Crippen molar-refractivity contribution in [2.45, 2.75) is 102 Å². The van der Waals surface area contributed by atoms with Crippen molar-refractivity contribution in [2.75, 3.05) is 19.7 Å². The highest BCUT2D eigenvalue weighted by Gasteiger charge is 2.52. The first kappa shape index (κ1) is 41.2. The van der Waals surface area contributed by atoms with Crippen molar-refractivity contribution in [3.8, 4) is 5.75 Å². The number of carbonyl (C=O) groups is 3. The van der Waals surface area contributed by atoms with Gasteiger partial charge in [0.1, 0.15) is 18.0 Å². The van der Waals surface area contributed by atoms with Crippen LogP contribution in [0.1, 0.15) is 74.4 Å². The number of carbonyl (C=O) groups excluding carboxylic acids is 3. The smallest absolute Gasteiger partial charge is 0.411 e. The second-order valence-electron chi connectivity index (χ2n) is 15.5. The zero-order valence-electron chi connectivity index (χ0n) is 32.1. The molecule has 1 fully saturated rings. The Morgan fingerprint density at radius 1 is 0.815 bits per heavy atom. The summed E-state index contributed by atoms with van der Waals surface area (Å²) in [4.78, 5) is 44.9. The van der Waals surface area contributed by atoms with Crippen LogP contribution in [0.5, 0.6) is 5.75 Å². The van der Waals surface area contributed by atoms with Gasteiger partial charge in [0.25, 0.3) is 0 Å². The third kappa shape index (κ3) is 9.84. The molecular formula is C42H49Cl3N2O7. The lowest BCUT2D eigenvalue weighted by Crippen LogP contribution is -2.66. The Balaban J connectivity index is 1.50. The number of benzene rings is 3. The van der Waals surface area contributed by atoms with E-state index in [2.05, 4.69) is 32.9 Å². The molecule has 0 aliphatic carbocycles. The molecule has 1 saturated heterocycles. The molecule has 3 aromatic carbocycles. The van der Waals surface area contributed by atoms with E-state index in [1.807, 2.05) is 54.6 Å². The van der Waals surface area contributed by atoms with Gasteiger partial charge in [-0.05, 0) is 107 Å². The van der Waals surface area contributed by atoms with Gasteiger partial charge in [0.2, 0.25) is 3.79 Å². The average molecular weight is 800 g/mol. The van der Waals surface area contributed by atoms with Gasteiger partial charge in [-0.15, -0.1) is 0 Å². The minimum Gasteiger partial charge on any atom is -0.493 e. The van der Waals surface area contributed by atoms with Crippen LogP contribution in [0.2, 0.25) is 0 Å². The highest BCUT2D eigenvalue weighted by atomic mass is 35.6. The monoisotopic (exact) mass is 798 g/mol. The van der Waals surface area contributed by atoms with Crippen molar-refractivity contribution in [1.82, 2.24) is 9.80 Å². The number of amides is 2. The van der Waals surface area contributed by atoms with Gasteiger partial charge in [0.05, 0.1) is 24.3 Å². The molecule has 2 aliphatic rings. The van der Waals surface area contributed by atoms with Gasteiger partial charge in [-0.3, -0.25) is 4.90 Å². The molecule has 0 saturated carbocycles. The average Bonchev–Trinajstić information content (AvgIpc) is 3.08. The number of ether oxygens (including phenoxy) is 4. The molecule has 0 spiro atoms. The summed E-state index contributed by atoms with van der Waals surface area (Å²) in [6.07, 6.45) is -0.461. The van der Waals surface area contributed by atoms with Crippen molar-refractivity contribution in [3.05, 3.63) is 106 Å². The van der Waals surface area contributed by atoms with Crippen molar-refractivity contribution < 1.29 is 33.3 Å². The highest BCUT2D eigenvalue weighted by Crippen LogP contribution is 2.43. The SMILES string of the molecule is Cc1cc(C)c(C)c(OCCc2ccc(C3=C(C(=O)OCc4ccccc4)C4CN(C(=O)OC(C)(C)C)CC(C3)N4C(=O)OC(C)(C)C(Cl)(Cl)Cl)cc2)c1. The van der Waals surface area contributed by atoms with Gasteiger partial charge in [-0.1, -0.05) is 95.5 Å². The maximum absolute atomic E-state index is 14.3. The molecule has 2 unspecified atom stereocenters. The third-order valence-corrected chi connectivity index (χ3v) is 11.1. The number of alkyl halides is 3. The Labute approximate surface area is 333 Å². The van der Waals surface area contributed by atoms with Crippen LogP contribution in [-0.4, -0.2) is 74.7 Å². The van der Waals surface area contributed by atoms with Crippen molar-refractivity contribution in [3.63, 3.8) is 0 Å². The van der Waals surface area contributed by atoms with Crippen LogP contribution >= 0.6 is 34.8 Å². The molecule has 290 valence electrons. The van der Waals surface area contributed by atoms with E-state index in [1.54, 1.807) is 20.8 Å². The summed E-state index contributed by atoms with van der Waals surface area (Å²) in [5.41, 5.74) is 4.77. The van der Waals surface area contributed by atoms with Crippen molar-refractivity contribution in [1.29, 1.82) is 0 Å². The number of hydrogen-bond acceptors (Lipinski definition) is 7. The minimum atomic E-state index is -1.95. The topological polar surface area (TPSA) is 94.6 Å². The predicted octanol–water partition coefficient (Wildman–Crippen LogP) is 9.71. The van der Waals surface area contributed by atoms with E-state index in [0.717, 1.165) is 33.6 Å². The molecule has 0 N–H and O–H groups in total. The number of hydrogen-bond donors (Lipinski definition) is 0. The molecule has 2 heterocycles. The quantitative estimate of drug-likeness (QED) is 0.121. The number of nitrogens with zero attached hydrogens (tertiary/aromatic N) is 2. The standard InChI is InChI=1S/C42H49Cl3N2O7/c1-26-20-27(2)28(3)35(21-26)51-19-18-29-14-16-31(17-15-29)33-22-32-23-46(38(49)53-40(4,5)6)24-34(47(32)39(50)54-41(7,8)42(43,44)45)36(33)37(48)52-25-30-12-10-9-11-13-30/h9-17,20-21,32,34H,18-19,22-25H2,1-8H3. The van der Waals surface area contributed by atoms with E-state index in [-0.39, 0.29) is 31.7 Å². The molecule has 2 atom stereocenters. The molecule has 0 radical (unpaired) electrons. The molecule has 54 heavy (non-hydrogen) atoms. The zero-order chi connectivity index (χ0) is 39.6. The largest absolute Gasteiger partial charge is 0.493 e.